The van der Waals surface area contributed by atoms with Crippen LogP contribution in [0.1, 0.15) is 34.5 Å². The Labute approximate surface area is 157 Å². The summed E-state index contributed by atoms with van der Waals surface area (Å²) < 4.78 is 11.6. The van der Waals surface area contributed by atoms with E-state index >= 15 is 0 Å². The number of nitrogens with one attached hydrogen (secondary N) is 2. The molecule has 5 heteroatoms. The van der Waals surface area contributed by atoms with Crippen molar-refractivity contribution in [1.82, 2.24) is 10.3 Å². The van der Waals surface area contributed by atoms with E-state index in [4.69, 9.17) is 9.47 Å². The molecule has 1 aliphatic heterocycles. The second-order valence-electron chi connectivity index (χ2n) is 7.26. The van der Waals surface area contributed by atoms with Crippen molar-refractivity contribution in [2.45, 2.75) is 31.8 Å². The van der Waals surface area contributed by atoms with E-state index in [1.807, 2.05) is 42.5 Å². The summed E-state index contributed by atoms with van der Waals surface area (Å²) in [7, 11) is 0. The van der Waals surface area contributed by atoms with Gasteiger partial charge in [-0.3, -0.25) is 4.79 Å². The molecule has 3 aromatic rings. The SMILES string of the molecule is O=C(NC[C@@H]1COc2ccccc2O1)c1ccc2[nH]c3c(c2c1)CCCC3. The standard InChI is InChI=1S/C22H22N2O3/c25-22(23-12-15-13-26-20-7-3-4-8-21(20)27-15)14-9-10-19-17(11-14)16-5-1-2-6-18(16)24-19/h3-4,7-11,15,24H,1-2,5-6,12-13H2,(H,23,25)/t15-/m1/s1. The number of para-hydroxylation sites is 2. The van der Waals surface area contributed by atoms with E-state index in [9.17, 15) is 4.79 Å². The van der Waals surface area contributed by atoms with E-state index < -0.39 is 0 Å². The van der Waals surface area contributed by atoms with Gasteiger partial charge in [0.2, 0.25) is 0 Å². The Balaban J connectivity index is 1.29. The fourth-order valence-corrected chi connectivity index (χ4v) is 4.02. The smallest absolute Gasteiger partial charge is 0.251 e. The summed E-state index contributed by atoms with van der Waals surface area (Å²) in [5.74, 6) is 1.40. The summed E-state index contributed by atoms with van der Waals surface area (Å²) >= 11 is 0. The molecular formula is C22H22N2O3. The van der Waals surface area contributed by atoms with Crippen LogP contribution < -0.4 is 14.8 Å². The zero-order valence-corrected chi connectivity index (χ0v) is 15.1. The van der Waals surface area contributed by atoms with Gasteiger partial charge in [-0.25, -0.2) is 0 Å². The van der Waals surface area contributed by atoms with Crippen LogP contribution in [0, 0.1) is 0 Å². The number of amides is 1. The normalized spacial score (nSPS) is 18.1. The van der Waals surface area contributed by atoms with Crippen molar-refractivity contribution in [3.63, 3.8) is 0 Å². The van der Waals surface area contributed by atoms with Gasteiger partial charge in [0.15, 0.2) is 11.5 Å². The van der Waals surface area contributed by atoms with Gasteiger partial charge in [-0.15, -0.1) is 0 Å². The van der Waals surface area contributed by atoms with Gasteiger partial charge in [0.25, 0.3) is 5.91 Å². The van der Waals surface area contributed by atoms with E-state index in [1.54, 1.807) is 0 Å². The molecule has 1 aromatic heterocycles. The van der Waals surface area contributed by atoms with Gasteiger partial charge in [-0.05, 0) is 61.6 Å². The first kappa shape index (κ1) is 16.2. The van der Waals surface area contributed by atoms with Crippen molar-refractivity contribution in [2.75, 3.05) is 13.2 Å². The topological polar surface area (TPSA) is 63.4 Å². The minimum atomic E-state index is -0.187. The number of hydrogen-bond donors (Lipinski definition) is 2. The van der Waals surface area contributed by atoms with Crippen LogP contribution in [0.3, 0.4) is 0 Å². The molecule has 5 nitrogen and oxygen atoms in total. The van der Waals surface area contributed by atoms with Gasteiger partial charge >= 0.3 is 0 Å². The molecule has 0 bridgehead atoms. The largest absolute Gasteiger partial charge is 0.486 e. The van der Waals surface area contributed by atoms with Gasteiger partial charge in [-0.2, -0.15) is 0 Å². The third-order valence-electron chi connectivity index (χ3n) is 5.42. The number of carbonyl (C=O) groups excluding carboxylic acids is 1. The number of ether oxygens (including phenoxy) is 2. The molecule has 2 heterocycles. The van der Waals surface area contributed by atoms with Crippen molar-refractivity contribution in [3.05, 3.63) is 59.3 Å². The first-order valence-corrected chi connectivity index (χ1v) is 9.58. The number of aromatic amines is 1. The number of rotatable bonds is 3. The van der Waals surface area contributed by atoms with Crippen LogP contribution in [0.15, 0.2) is 42.5 Å². The number of carbonyl (C=O) groups is 1. The molecule has 0 saturated heterocycles. The Morgan fingerprint density at radius 1 is 1.11 bits per heavy atom. The molecular weight excluding hydrogens is 340 g/mol. The number of aromatic nitrogens is 1. The Morgan fingerprint density at radius 2 is 1.96 bits per heavy atom. The zero-order chi connectivity index (χ0) is 18.2. The third-order valence-corrected chi connectivity index (χ3v) is 5.42. The average Bonchev–Trinajstić information content (AvgIpc) is 3.09. The molecule has 1 aliphatic carbocycles. The van der Waals surface area contributed by atoms with Crippen LogP contribution in [-0.2, 0) is 12.8 Å². The van der Waals surface area contributed by atoms with Crippen LogP contribution >= 0.6 is 0 Å². The molecule has 2 N–H and O–H groups in total. The van der Waals surface area contributed by atoms with Gasteiger partial charge in [0.05, 0.1) is 6.54 Å². The van der Waals surface area contributed by atoms with Gasteiger partial charge in [0, 0.05) is 22.2 Å². The molecule has 0 fully saturated rings. The van der Waals surface area contributed by atoms with Crippen LogP contribution in [-0.4, -0.2) is 30.1 Å². The number of H-pyrrole nitrogens is 1. The quantitative estimate of drug-likeness (QED) is 0.748. The van der Waals surface area contributed by atoms with Crippen LogP contribution in [0.4, 0.5) is 0 Å². The predicted octanol–water partition coefficient (Wildman–Crippen LogP) is 3.62. The van der Waals surface area contributed by atoms with Crippen molar-refractivity contribution in [1.29, 1.82) is 0 Å². The van der Waals surface area contributed by atoms with E-state index in [1.165, 1.54) is 29.5 Å². The summed E-state index contributed by atoms with van der Waals surface area (Å²) in [5.41, 5.74) is 4.53. The first-order valence-electron chi connectivity index (χ1n) is 9.58. The molecule has 0 radical (unpaired) electrons. The highest BCUT2D eigenvalue weighted by molar-refractivity contribution is 5.99. The van der Waals surface area contributed by atoms with Gasteiger partial charge in [0.1, 0.15) is 12.7 Å². The number of aryl methyl sites for hydroxylation is 2. The number of fused-ring (bicyclic) bond motifs is 4. The van der Waals surface area contributed by atoms with E-state index in [2.05, 4.69) is 10.3 Å². The summed E-state index contributed by atoms with van der Waals surface area (Å²) in [6.07, 6.45) is 4.46. The lowest BCUT2D eigenvalue weighted by Gasteiger charge is -2.26. The summed E-state index contributed by atoms with van der Waals surface area (Å²) in [4.78, 5) is 16.2. The molecule has 5 rings (SSSR count). The number of hydrogen-bond acceptors (Lipinski definition) is 3. The molecule has 1 atom stereocenters. The fourth-order valence-electron chi connectivity index (χ4n) is 4.02. The zero-order valence-electron chi connectivity index (χ0n) is 15.1. The molecule has 0 unspecified atom stereocenters. The number of benzene rings is 2. The second kappa shape index (κ2) is 6.65. The van der Waals surface area contributed by atoms with E-state index in [0.717, 1.165) is 29.9 Å². The third kappa shape index (κ3) is 3.03. The molecule has 0 spiro atoms. The summed E-state index contributed by atoms with van der Waals surface area (Å²) in [5, 5.41) is 4.17. The maximum absolute atomic E-state index is 12.6. The highest BCUT2D eigenvalue weighted by Gasteiger charge is 2.22. The minimum Gasteiger partial charge on any atom is -0.486 e. The van der Waals surface area contributed by atoms with Crippen LogP contribution in [0.2, 0.25) is 0 Å². The Morgan fingerprint density at radius 3 is 2.89 bits per heavy atom. The van der Waals surface area contributed by atoms with Crippen molar-refractivity contribution >= 4 is 16.8 Å². The highest BCUT2D eigenvalue weighted by Crippen LogP contribution is 2.31. The summed E-state index contributed by atoms with van der Waals surface area (Å²) in [6.45, 7) is 0.845. The first-order chi connectivity index (χ1) is 13.3. The Bertz CT molecular complexity index is 1010. The van der Waals surface area contributed by atoms with Crippen LogP contribution in [0.25, 0.3) is 10.9 Å². The Kier molecular flexibility index (Phi) is 4.00. The molecule has 1 amide bonds. The van der Waals surface area contributed by atoms with Gasteiger partial charge in [-0.1, -0.05) is 12.1 Å². The fraction of sp³-hybridized carbons (Fsp3) is 0.318. The monoisotopic (exact) mass is 362 g/mol. The minimum absolute atomic E-state index is 0.0786. The van der Waals surface area contributed by atoms with E-state index in [0.29, 0.717) is 18.7 Å². The van der Waals surface area contributed by atoms with Crippen molar-refractivity contribution < 1.29 is 14.3 Å². The van der Waals surface area contributed by atoms with Gasteiger partial charge < -0.3 is 19.8 Å². The molecule has 27 heavy (non-hydrogen) atoms. The van der Waals surface area contributed by atoms with Crippen molar-refractivity contribution in [2.24, 2.45) is 0 Å². The lowest BCUT2D eigenvalue weighted by atomic mass is 9.95. The molecule has 2 aliphatic rings. The lowest BCUT2D eigenvalue weighted by molar-refractivity contribution is 0.0789. The average molecular weight is 362 g/mol. The lowest BCUT2D eigenvalue weighted by Crippen LogP contribution is -2.40. The molecule has 2 aromatic carbocycles. The van der Waals surface area contributed by atoms with Crippen molar-refractivity contribution in [3.8, 4) is 11.5 Å². The Hall–Kier alpha value is -2.95. The van der Waals surface area contributed by atoms with E-state index in [-0.39, 0.29) is 12.0 Å². The summed E-state index contributed by atoms with van der Waals surface area (Å²) in [6, 6.07) is 13.5. The molecule has 0 saturated carbocycles. The second-order valence-corrected chi connectivity index (χ2v) is 7.26. The maximum Gasteiger partial charge on any atom is 0.251 e. The maximum atomic E-state index is 12.6. The molecule has 138 valence electrons. The highest BCUT2D eigenvalue weighted by atomic mass is 16.6. The van der Waals surface area contributed by atoms with Crippen LogP contribution in [0.5, 0.6) is 11.5 Å². The predicted molar refractivity (Wildman–Crippen MR) is 104 cm³/mol.